The highest BCUT2D eigenvalue weighted by Gasteiger charge is 2.37. The molecular formula is C19H23N3O5. The third-order valence-electron chi connectivity index (χ3n) is 4.97. The fourth-order valence-electron chi connectivity index (χ4n) is 3.50. The van der Waals surface area contributed by atoms with E-state index in [-0.39, 0.29) is 35.4 Å². The summed E-state index contributed by atoms with van der Waals surface area (Å²) in [6.07, 6.45) is 0.783. The van der Waals surface area contributed by atoms with Crippen molar-refractivity contribution in [2.75, 3.05) is 20.2 Å². The summed E-state index contributed by atoms with van der Waals surface area (Å²) in [6.45, 7) is 4.55. The highest BCUT2D eigenvalue weighted by Crippen LogP contribution is 2.26. The Morgan fingerprint density at radius 3 is 2.33 bits per heavy atom. The number of benzene rings is 1. The first-order chi connectivity index (χ1) is 12.8. The smallest absolute Gasteiger partial charge is 0.407 e. The Bertz CT molecular complexity index is 797. The molecule has 1 aromatic rings. The zero-order valence-corrected chi connectivity index (χ0v) is 15.7. The lowest BCUT2D eigenvalue weighted by Crippen LogP contribution is -2.46. The maximum absolute atomic E-state index is 12.8. The first kappa shape index (κ1) is 18.9. The minimum atomic E-state index is -0.476. The van der Waals surface area contributed by atoms with Gasteiger partial charge in [0.15, 0.2) is 0 Å². The van der Waals surface area contributed by atoms with E-state index in [4.69, 9.17) is 0 Å². The van der Waals surface area contributed by atoms with E-state index in [1.54, 1.807) is 30.9 Å². The Balaban J connectivity index is 1.71. The lowest BCUT2D eigenvalue weighted by atomic mass is 10.0. The van der Waals surface area contributed by atoms with E-state index in [0.717, 1.165) is 0 Å². The minimum absolute atomic E-state index is 0.0275. The third-order valence-corrected chi connectivity index (χ3v) is 4.97. The SMILES string of the molecule is COC(=O)NC1CCN(C(=O)c2ccc3c(c2)C(=O)N(C(C)C)C3=O)CC1. The summed E-state index contributed by atoms with van der Waals surface area (Å²) in [5.74, 6) is -0.864. The van der Waals surface area contributed by atoms with Gasteiger partial charge in [-0.2, -0.15) is 0 Å². The topological polar surface area (TPSA) is 96.0 Å². The molecule has 0 aliphatic carbocycles. The van der Waals surface area contributed by atoms with Gasteiger partial charge in [0.05, 0.1) is 18.2 Å². The number of rotatable bonds is 3. The summed E-state index contributed by atoms with van der Waals surface area (Å²) in [4.78, 5) is 51.8. The van der Waals surface area contributed by atoms with Crippen LogP contribution in [0.5, 0.6) is 0 Å². The number of nitrogens with zero attached hydrogens (tertiary/aromatic N) is 2. The molecule has 1 N–H and O–H groups in total. The van der Waals surface area contributed by atoms with Crippen LogP contribution in [0.1, 0.15) is 57.8 Å². The average Bonchev–Trinajstić information content (AvgIpc) is 2.91. The van der Waals surface area contributed by atoms with Gasteiger partial charge in [-0.3, -0.25) is 19.3 Å². The van der Waals surface area contributed by atoms with Crippen LogP contribution >= 0.6 is 0 Å². The molecule has 0 spiro atoms. The molecule has 3 rings (SSSR count). The van der Waals surface area contributed by atoms with Gasteiger partial charge in [0.2, 0.25) is 0 Å². The second-order valence-electron chi connectivity index (χ2n) is 7.04. The van der Waals surface area contributed by atoms with Crippen LogP contribution < -0.4 is 5.32 Å². The number of hydrogen-bond acceptors (Lipinski definition) is 5. The monoisotopic (exact) mass is 373 g/mol. The van der Waals surface area contributed by atoms with Gasteiger partial charge >= 0.3 is 6.09 Å². The van der Waals surface area contributed by atoms with Gasteiger partial charge in [0.1, 0.15) is 0 Å². The van der Waals surface area contributed by atoms with E-state index in [9.17, 15) is 19.2 Å². The second-order valence-corrected chi connectivity index (χ2v) is 7.04. The van der Waals surface area contributed by atoms with Crippen LogP contribution in [-0.4, -0.2) is 65.9 Å². The molecule has 0 saturated carbocycles. The predicted octanol–water partition coefficient (Wildman–Crippen LogP) is 1.65. The van der Waals surface area contributed by atoms with Crippen LogP contribution in [-0.2, 0) is 4.74 Å². The van der Waals surface area contributed by atoms with Crippen LogP contribution in [0.4, 0.5) is 4.79 Å². The molecule has 8 heteroatoms. The third kappa shape index (κ3) is 3.51. The quantitative estimate of drug-likeness (QED) is 0.813. The highest BCUT2D eigenvalue weighted by atomic mass is 16.5. The molecular weight excluding hydrogens is 350 g/mol. The normalized spacial score (nSPS) is 17.3. The molecule has 0 radical (unpaired) electrons. The molecule has 1 aromatic carbocycles. The Morgan fingerprint density at radius 1 is 1.11 bits per heavy atom. The fourth-order valence-corrected chi connectivity index (χ4v) is 3.50. The molecule has 0 atom stereocenters. The molecule has 0 bridgehead atoms. The fraction of sp³-hybridized carbons (Fsp3) is 0.474. The number of methoxy groups -OCH3 is 1. The highest BCUT2D eigenvalue weighted by molar-refractivity contribution is 6.22. The van der Waals surface area contributed by atoms with Gasteiger partial charge in [-0.25, -0.2) is 4.79 Å². The number of likely N-dealkylation sites (tertiary alicyclic amines) is 1. The Kier molecular flexibility index (Phi) is 5.16. The molecule has 2 aliphatic heterocycles. The number of imide groups is 1. The average molecular weight is 373 g/mol. The van der Waals surface area contributed by atoms with Crippen LogP contribution in [0.3, 0.4) is 0 Å². The van der Waals surface area contributed by atoms with Crippen molar-refractivity contribution in [2.45, 2.75) is 38.8 Å². The van der Waals surface area contributed by atoms with Crippen molar-refractivity contribution < 1.29 is 23.9 Å². The number of amides is 4. The lowest BCUT2D eigenvalue weighted by molar-refractivity contribution is 0.0608. The summed E-state index contributed by atoms with van der Waals surface area (Å²) in [6, 6.07) is 4.39. The summed E-state index contributed by atoms with van der Waals surface area (Å²) < 4.78 is 4.59. The first-order valence-electron chi connectivity index (χ1n) is 8.99. The minimum Gasteiger partial charge on any atom is -0.453 e. The van der Waals surface area contributed by atoms with Gasteiger partial charge in [-0.05, 0) is 44.9 Å². The Labute approximate surface area is 157 Å². The van der Waals surface area contributed by atoms with Crippen molar-refractivity contribution in [1.29, 1.82) is 0 Å². The van der Waals surface area contributed by atoms with E-state index in [2.05, 4.69) is 10.1 Å². The molecule has 2 heterocycles. The van der Waals surface area contributed by atoms with Crippen molar-refractivity contribution >= 4 is 23.8 Å². The summed E-state index contributed by atoms with van der Waals surface area (Å²) in [5, 5.41) is 2.74. The van der Waals surface area contributed by atoms with E-state index in [0.29, 0.717) is 37.1 Å². The predicted molar refractivity (Wildman–Crippen MR) is 96.5 cm³/mol. The van der Waals surface area contributed by atoms with Crippen molar-refractivity contribution in [3.63, 3.8) is 0 Å². The molecule has 0 aromatic heterocycles. The van der Waals surface area contributed by atoms with Crippen molar-refractivity contribution in [3.8, 4) is 0 Å². The maximum atomic E-state index is 12.8. The van der Waals surface area contributed by atoms with Crippen LogP contribution in [0, 0.1) is 0 Å². The number of hydrogen-bond donors (Lipinski definition) is 1. The number of fused-ring (bicyclic) bond motifs is 1. The van der Waals surface area contributed by atoms with Crippen LogP contribution in [0.2, 0.25) is 0 Å². The van der Waals surface area contributed by atoms with Gasteiger partial charge < -0.3 is 15.0 Å². The number of ether oxygens (including phenoxy) is 1. The van der Waals surface area contributed by atoms with Crippen molar-refractivity contribution in [2.24, 2.45) is 0 Å². The van der Waals surface area contributed by atoms with Gasteiger partial charge in [-0.1, -0.05) is 0 Å². The van der Waals surface area contributed by atoms with Crippen molar-refractivity contribution in [3.05, 3.63) is 34.9 Å². The van der Waals surface area contributed by atoms with Gasteiger partial charge in [0, 0.05) is 30.7 Å². The first-order valence-corrected chi connectivity index (χ1v) is 8.99. The Morgan fingerprint density at radius 2 is 1.74 bits per heavy atom. The molecule has 8 nitrogen and oxygen atoms in total. The van der Waals surface area contributed by atoms with E-state index in [1.807, 2.05) is 0 Å². The van der Waals surface area contributed by atoms with E-state index in [1.165, 1.54) is 18.1 Å². The molecule has 1 saturated heterocycles. The van der Waals surface area contributed by atoms with Gasteiger partial charge in [0.25, 0.3) is 17.7 Å². The number of carbonyl (C=O) groups excluding carboxylic acids is 4. The number of alkyl carbamates (subject to hydrolysis) is 1. The number of piperidine rings is 1. The number of nitrogens with one attached hydrogen (secondary N) is 1. The molecule has 0 unspecified atom stereocenters. The van der Waals surface area contributed by atoms with Crippen LogP contribution in [0.15, 0.2) is 18.2 Å². The molecule has 4 amide bonds. The van der Waals surface area contributed by atoms with E-state index >= 15 is 0 Å². The number of carbonyl (C=O) groups is 4. The van der Waals surface area contributed by atoms with E-state index < -0.39 is 6.09 Å². The lowest BCUT2D eigenvalue weighted by Gasteiger charge is -2.32. The second kappa shape index (κ2) is 7.38. The van der Waals surface area contributed by atoms with Crippen molar-refractivity contribution in [1.82, 2.24) is 15.1 Å². The standard InChI is InChI=1S/C19H23N3O5/c1-11(2)22-17(24)14-5-4-12(10-15(14)18(22)25)16(23)21-8-6-13(7-9-21)20-19(26)27-3/h4-5,10-11,13H,6-9H2,1-3H3,(H,20,26). The maximum Gasteiger partial charge on any atom is 0.407 e. The summed E-state index contributed by atoms with van der Waals surface area (Å²) >= 11 is 0. The molecule has 2 aliphatic rings. The molecule has 1 fully saturated rings. The van der Waals surface area contributed by atoms with Crippen LogP contribution in [0.25, 0.3) is 0 Å². The molecule has 144 valence electrons. The molecule has 27 heavy (non-hydrogen) atoms. The summed E-state index contributed by atoms with van der Waals surface area (Å²) in [5.41, 5.74) is 1.01. The summed E-state index contributed by atoms with van der Waals surface area (Å²) in [7, 11) is 1.31. The Hall–Kier alpha value is -2.90. The van der Waals surface area contributed by atoms with Gasteiger partial charge in [-0.15, -0.1) is 0 Å². The largest absolute Gasteiger partial charge is 0.453 e. The zero-order chi connectivity index (χ0) is 19.7. The zero-order valence-electron chi connectivity index (χ0n) is 15.7.